The summed E-state index contributed by atoms with van der Waals surface area (Å²) in [5, 5.41) is 11.5. The molecular weight excluding hydrogens is 234 g/mol. The maximum absolute atomic E-state index is 8.54. The van der Waals surface area contributed by atoms with E-state index >= 15 is 0 Å². The molecule has 0 atom stereocenters. The fraction of sp³-hybridized carbons (Fsp3) is 0.545. The van der Waals surface area contributed by atoms with Crippen LogP contribution in [0.2, 0.25) is 0 Å². The molecule has 0 unspecified atom stereocenters. The third-order valence-corrected chi connectivity index (χ3v) is 2.49. The SMILES string of the molecule is COCCN(CCC(N)=NO)c1nccnc1C. The molecule has 3 N–H and O–H groups in total. The molecule has 7 heteroatoms. The van der Waals surface area contributed by atoms with E-state index in [-0.39, 0.29) is 5.84 Å². The lowest BCUT2D eigenvalue weighted by atomic mass is 10.3. The molecule has 7 nitrogen and oxygen atoms in total. The van der Waals surface area contributed by atoms with Crippen LogP contribution in [-0.4, -0.2) is 47.8 Å². The Morgan fingerprint density at radius 1 is 1.44 bits per heavy atom. The first kappa shape index (κ1) is 14.2. The Morgan fingerprint density at radius 3 is 2.78 bits per heavy atom. The summed E-state index contributed by atoms with van der Waals surface area (Å²) in [6, 6.07) is 0. The zero-order valence-corrected chi connectivity index (χ0v) is 10.7. The van der Waals surface area contributed by atoms with Gasteiger partial charge < -0.3 is 20.6 Å². The lowest BCUT2D eigenvalue weighted by molar-refractivity contribution is 0.205. The van der Waals surface area contributed by atoms with Crippen LogP contribution in [-0.2, 0) is 4.74 Å². The van der Waals surface area contributed by atoms with Gasteiger partial charge in [-0.05, 0) is 6.92 Å². The summed E-state index contributed by atoms with van der Waals surface area (Å²) < 4.78 is 5.07. The molecule has 0 amide bonds. The van der Waals surface area contributed by atoms with E-state index in [4.69, 9.17) is 15.7 Å². The summed E-state index contributed by atoms with van der Waals surface area (Å²) >= 11 is 0. The third kappa shape index (κ3) is 4.17. The zero-order chi connectivity index (χ0) is 13.4. The van der Waals surface area contributed by atoms with Crippen LogP contribution in [0.25, 0.3) is 0 Å². The second-order valence-electron chi connectivity index (χ2n) is 3.79. The van der Waals surface area contributed by atoms with Gasteiger partial charge >= 0.3 is 0 Å². The minimum atomic E-state index is 0.193. The molecule has 1 aromatic rings. The number of anilines is 1. The molecular formula is C11H19N5O2. The van der Waals surface area contributed by atoms with E-state index in [0.717, 1.165) is 11.5 Å². The van der Waals surface area contributed by atoms with E-state index in [0.29, 0.717) is 26.1 Å². The van der Waals surface area contributed by atoms with Crippen molar-refractivity contribution in [1.29, 1.82) is 0 Å². The van der Waals surface area contributed by atoms with Crippen LogP contribution in [0.3, 0.4) is 0 Å². The van der Waals surface area contributed by atoms with Crippen molar-refractivity contribution in [1.82, 2.24) is 9.97 Å². The molecule has 0 aliphatic heterocycles. The second kappa shape index (κ2) is 7.44. The molecule has 1 aromatic heterocycles. The van der Waals surface area contributed by atoms with Gasteiger partial charge in [0.05, 0.1) is 12.3 Å². The van der Waals surface area contributed by atoms with Gasteiger partial charge in [0, 0.05) is 39.0 Å². The standard InChI is InChI=1S/C11H19N5O2/c1-9-11(14-5-4-13-9)16(7-8-18-2)6-3-10(12)15-17/h4-5,17H,3,6-8H2,1-2H3,(H2,12,15). The summed E-state index contributed by atoms with van der Waals surface area (Å²) in [5.41, 5.74) is 6.31. The number of oxime groups is 1. The Balaban J connectivity index is 2.74. The normalized spacial score (nSPS) is 11.6. The van der Waals surface area contributed by atoms with Crippen molar-refractivity contribution in [3.8, 4) is 0 Å². The first-order valence-electron chi connectivity index (χ1n) is 5.67. The van der Waals surface area contributed by atoms with E-state index < -0.39 is 0 Å². The molecule has 1 heterocycles. The van der Waals surface area contributed by atoms with E-state index in [1.165, 1.54) is 0 Å². The predicted molar refractivity (Wildman–Crippen MR) is 68.9 cm³/mol. The lowest BCUT2D eigenvalue weighted by Gasteiger charge is -2.24. The van der Waals surface area contributed by atoms with Crippen molar-refractivity contribution in [3.63, 3.8) is 0 Å². The quantitative estimate of drug-likeness (QED) is 0.315. The highest BCUT2D eigenvalue weighted by Crippen LogP contribution is 2.13. The van der Waals surface area contributed by atoms with Gasteiger partial charge in [-0.2, -0.15) is 0 Å². The van der Waals surface area contributed by atoms with E-state index in [9.17, 15) is 0 Å². The Hall–Kier alpha value is -1.89. The number of hydrogen-bond donors (Lipinski definition) is 2. The molecule has 0 aromatic carbocycles. The minimum absolute atomic E-state index is 0.193. The molecule has 0 aliphatic rings. The van der Waals surface area contributed by atoms with E-state index in [1.807, 2.05) is 11.8 Å². The monoisotopic (exact) mass is 253 g/mol. The summed E-state index contributed by atoms with van der Waals surface area (Å²) in [4.78, 5) is 10.5. The fourth-order valence-electron chi connectivity index (χ4n) is 1.54. The smallest absolute Gasteiger partial charge is 0.150 e. The molecule has 0 saturated carbocycles. The second-order valence-corrected chi connectivity index (χ2v) is 3.79. The summed E-state index contributed by atoms with van der Waals surface area (Å²) in [7, 11) is 1.64. The highest BCUT2D eigenvalue weighted by molar-refractivity contribution is 5.80. The highest BCUT2D eigenvalue weighted by atomic mass is 16.5. The van der Waals surface area contributed by atoms with E-state index in [2.05, 4.69) is 15.1 Å². The number of ether oxygens (including phenoxy) is 1. The molecule has 1 rings (SSSR count). The average Bonchev–Trinajstić information content (AvgIpc) is 2.39. The number of rotatable bonds is 7. The van der Waals surface area contributed by atoms with Crippen molar-refractivity contribution in [2.45, 2.75) is 13.3 Å². The number of hydrogen-bond acceptors (Lipinski definition) is 6. The summed E-state index contributed by atoms with van der Waals surface area (Å²) in [6.45, 7) is 3.74. The van der Waals surface area contributed by atoms with Gasteiger partial charge in [0.2, 0.25) is 0 Å². The molecule has 0 radical (unpaired) electrons. The first-order chi connectivity index (χ1) is 8.69. The Bertz CT molecular complexity index is 397. The zero-order valence-electron chi connectivity index (χ0n) is 10.7. The fourth-order valence-corrected chi connectivity index (χ4v) is 1.54. The lowest BCUT2D eigenvalue weighted by Crippen LogP contribution is -2.32. The molecule has 18 heavy (non-hydrogen) atoms. The maximum atomic E-state index is 8.54. The molecule has 0 spiro atoms. The van der Waals surface area contributed by atoms with Crippen LogP contribution < -0.4 is 10.6 Å². The van der Waals surface area contributed by atoms with Crippen molar-refractivity contribution in [2.75, 3.05) is 31.7 Å². The van der Waals surface area contributed by atoms with Gasteiger partial charge in [-0.1, -0.05) is 5.16 Å². The van der Waals surface area contributed by atoms with Gasteiger partial charge in [0.25, 0.3) is 0 Å². The van der Waals surface area contributed by atoms with Crippen molar-refractivity contribution < 1.29 is 9.94 Å². The van der Waals surface area contributed by atoms with Crippen molar-refractivity contribution in [2.24, 2.45) is 10.9 Å². The molecule has 0 aliphatic carbocycles. The average molecular weight is 253 g/mol. The summed E-state index contributed by atoms with van der Waals surface area (Å²) in [6.07, 6.45) is 3.75. The Kier molecular flexibility index (Phi) is 5.86. The number of methoxy groups -OCH3 is 1. The number of nitrogens with zero attached hydrogens (tertiary/aromatic N) is 4. The van der Waals surface area contributed by atoms with Crippen LogP contribution in [0.1, 0.15) is 12.1 Å². The van der Waals surface area contributed by atoms with E-state index in [1.54, 1.807) is 19.5 Å². The first-order valence-corrected chi connectivity index (χ1v) is 5.67. The minimum Gasteiger partial charge on any atom is -0.409 e. The predicted octanol–water partition coefficient (Wildman–Crippen LogP) is 0.374. The molecule has 0 bridgehead atoms. The maximum Gasteiger partial charge on any atom is 0.150 e. The van der Waals surface area contributed by atoms with Crippen LogP contribution >= 0.6 is 0 Å². The number of amidine groups is 1. The third-order valence-electron chi connectivity index (χ3n) is 2.49. The van der Waals surface area contributed by atoms with Crippen LogP contribution in [0.4, 0.5) is 5.82 Å². The van der Waals surface area contributed by atoms with Crippen LogP contribution in [0, 0.1) is 6.92 Å². The Morgan fingerprint density at radius 2 is 2.17 bits per heavy atom. The molecule has 100 valence electrons. The largest absolute Gasteiger partial charge is 0.409 e. The number of nitrogens with two attached hydrogens (primary N) is 1. The van der Waals surface area contributed by atoms with Crippen LogP contribution in [0.15, 0.2) is 17.5 Å². The van der Waals surface area contributed by atoms with Crippen molar-refractivity contribution in [3.05, 3.63) is 18.1 Å². The Labute approximate surface area is 106 Å². The van der Waals surface area contributed by atoms with Gasteiger partial charge in [-0.25, -0.2) is 4.98 Å². The van der Waals surface area contributed by atoms with Crippen LogP contribution in [0.5, 0.6) is 0 Å². The van der Waals surface area contributed by atoms with Gasteiger partial charge in [0.1, 0.15) is 11.7 Å². The molecule has 0 fully saturated rings. The number of aryl methyl sites for hydroxylation is 1. The highest BCUT2D eigenvalue weighted by Gasteiger charge is 2.11. The number of aromatic nitrogens is 2. The van der Waals surface area contributed by atoms with Gasteiger partial charge in [-0.3, -0.25) is 4.98 Å². The van der Waals surface area contributed by atoms with Crippen molar-refractivity contribution >= 4 is 11.7 Å². The van der Waals surface area contributed by atoms with Gasteiger partial charge in [-0.15, -0.1) is 0 Å². The summed E-state index contributed by atoms with van der Waals surface area (Å²) in [5.74, 6) is 0.985. The van der Waals surface area contributed by atoms with Gasteiger partial charge in [0.15, 0.2) is 0 Å². The topological polar surface area (TPSA) is 96.9 Å². The molecule has 0 saturated heterocycles.